The van der Waals surface area contributed by atoms with Gasteiger partial charge in [-0.3, -0.25) is 0 Å². The third kappa shape index (κ3) is 3.40. The van der Waals surface area contributed by atoms with E-state index in [1.54, 1.807) is 43.2 Å². The van der Waals surface area contributed by atoms with E-state index in [1.807, 2.05) is 30.3 Å². The highest BCUT2D eigenvalue weighted by atomic mass is 35.5. The van der Waals surface area contributed by atoms with Crippen LogP contribution in [0.4, 0.5) is 10.3 Å². The molecule has 0 radical (unpaired) electrons. The summed E-state index contributed by atoms with van der Waals surface area (Å²) in [5.74, 6) is 1.94. The molecule has 3 aromatic carbocycles. The van der Waals surface area contributed by atoms with Crippen molar-refractivity contribution < 1.29 is 18.6 Å². The molecule has 2 aliphatic heterocycles. The Morgan fingerprint density at radius 2 is 1.86 bits per heavy atom. The normalized spacial score (nSPS) is 18.1. The van der Waals surface area contributed by atoms with Crippen LogP contribution in [0, 0.1) is 5.82 Å². The van der Waals surface area contributed by atoms with Crippen molar-refractivity contribution in [3.8, 4) is 17.2 Å². The van der Waals surface area contributed by atoms with Crippen molar-refractivity contribution in [3.05, 3.63) is 100 Å². The first-order valence-electron chi connectivity index (χ1n) is 10.9. The third-order valence-electron chi connectivity index (χ3n) is 6.29. The Bertz CT molecular complexity index is 1490. The van der Waals surface area contributed by atoms with Gasteiger partial charge < -0.3 is 19.5 Å². The number of nitrogens with one attached hydrogen (secondary N) is 1. The van der Waals surface area contributed by atoms with Gasteiger partial charge in [0.05, 0.1) is 19.9 Å². The molecule has 0 bridgehead atoms. The number of hydrogen-bond donors (Lipinski definition) is 1. The van der Waals surface area contributed by atoms with Crippen LogP contribution in [0.1, 0.15) is 28.8 Å². The second kappa shape index (κ2) is 8.32. The van der Waals surface area contributed by atoms with Gasteiger partial charge >= 0.3 is 0 Å². The lowest BCUT2D eigenvalue weighted by atomic mass is 9.84. The van der Waals surface area contributed by atoms with Gasteiger partial charge in [0.2, 0.25) is 5.95 Å². The van der Waals surface area contributed by atoms with Crippen LogP contribution < -0.4 is 19.5 Å². The van der Waals surface area contributed by atoms with Crippen molar-refractivity contribution >= 4 is 23.2 Å². The fourth-order valence-corrected chi connectivity index (χ4v) is 4.90. The lowest BCUT2D eigenvalue weighted by Gasteiger charge is -2.39. The van der Waals surface area contributed by atoms with Gasteiger partial charge in [0.25, 0.3) is 0 Å². The second-order valence-corrected chi connectivity index (χ2v) is 8.60. The monoisotopic (exact) mass is 490 g/mol. The Kier molecular flexibility index (Phi) is 5.11. The van der Waals surface area contributed by atoms with E-state index in [-0.39, 0.29) is 5.82 Å². The molecule has 7 nitrogen and oxygen atoms in total. The van der Waals surface area contributed by atoms with Gasteiger partial charge in [-0.25, -0.2) is 9.07 Å². The smallest absolute Gasteiger partial charge is 0.226 e. The van der Waals surface area contributed by atoms with E-state index in [4.69, 9.17) is 25.8 Å². The maximum atomic E-state index is 15.2. The Morgan fingerprint density at radius 1 is 1.03 bits per heavy atom. The number of rotatable bonds is 4. The van der Waals surface area contributed by atoms with Crippen LogP contribution in [0.3, 0.4) is 0 Å². The predicted octanol–water partition coefficient (Wildman–Crippen LogP) is 5.65. The summed E-state index contributed by atoms with van der Waals surface area (Å²) >= 11 is 6.36. The fraction of sp³-hybridized carbons (Fsp3) is 0.154. The van der Waals surface area contributed by atoms with Crippen molar-refractivity contribution in [2.75, 3.05) is 19.5 Å². The van der Waals surface area contributed by atoms with Crippen molar-refractivity contribution in [1.82, 2.24) is 14.8 Å². The molecule has 35 heavy (non-hydrogen) atoms. The zero-order valence-corrected chi connectivity index (χ0v) is 19.6. The first-order valence-corrected chi connectivity index (χ1v) is 11.3. The Hall–Kier alpha value is -4.04. The number of benzene rings is 3. The summed E-state index contributed by atoms with van der Waals surface area (Å²) in [4.78, 5) is 4.37. The molecule has 0 saturated carbocycles. The minimum Gasteiger partial charge on any atom is -0.493 e. The maximum Gasteiger partial charge on any atom is 0.226 e. The van der Waals surface area contributed by atoms with E-state index in [2.05, 4.69) is 15.4 Å². The molecule has 1 aromatic heterocycles. The number of nitrogens with zero attached hydrogens (tertiary/aromatic N) is 3. The van der Waals surface area contributed by atoms with Crippen LogP contribution in [0.15, 0.2) is 72.6 Å². The Morgan fingerprint density at radius 3 is 2.66 bits per heavy atom. The van der Waals surface area contributed by atoms with Crippen molar-refractivity contribution in [1.29, 1.82) is 0 Å². The van der Waals surface area contributed by atoms with E-state index in [0.717, 1.165) is 22.4 Å². The van der Waals surface area contributed by atoms with Crippen molar-refractivity contribution in [3.63, 3.8) is 0 Å². The molecule has 0 unspecified atom stereocenters. The van der Waals surface area contributed by atoms with Gasteiger partial charge in [0, 0.05) is 27.3 Å². The standard InChI is InChI=1S/C26H20ClFN4O3/c1-33-20-9-7-14(11-21(20)34-2)25-22-23(17-12-15(27)8-10-19(17)35-25)31-26-29-13-30-32(26)24(22)16-5-3-4-6-18(16)28/h3-13,24-25H,1-2H3,(H,29,30,31)/t24-,25+/m0/s1. The van der Waals surface area contributed by atoms with Crippen LogP contribution in [0.2, 0.25) is 5.02 Å². The summed E-state index contributed by atoms with van der Waals surface area (Å²) in [5.41, 5.74) is 3.55. The highest BCUT2D eigenvalue weighted by Crippen LogP contribution is 2.51. The second-order valence-electron chi connectivity index (χ2n) is 8.16. The SMILES string of the molecule is COc1ccc([C@H]2Oc3ccc(Cl)cc3C3=C2[C@H](c2ccccc2F)n2ncnc2N3)cc1OC. The zero-order valence-electron chi connectivity index (χ0n) is 18.8. The van der Waals surface area contributed by atoms with Crippen LogP contribution in [-0.2, 0) is 0 Å². The van der Waals surface area contributed by atoms with E-state index in [1.165, 1.54) is 12.4 Å². The molecule has 4 aromatic rings. The average Bonchev–Trinajstić information content (AvgIpc) is 3.35. The zero-order chi connectivity index (χ0) is 24.1. The fourth-order valence-electron chi connectivity index (χ4n) is 4.73. The molecule has 176 valence electrons. The highest BCUT2D eigenvalue weighted by Gasteiger charge is 2.42. The largest absolute Gasteiger partial charge is 0.493 e. The van der Waals surface area contributed by atoms with Gasteiger partial charge in [-0.15, -0.1) is 0 Å². The first kappa shape index (κ1) is 21.5. The van der Waals surface area contributed by atoms with Crippen LogP contribution in [-0.4, -0.2) is 29.0 Å². The molecule has 6 rings (SSSR count). The summed E-state index contributed by atoms with van der Waals surface area (Å²) in [5, 5.41) is 8.37. The van der Waals surface area contributed by atoms with Gasteiger partial charge in [-0.1, -0.05) is 35.9 Å². The van der Waals surface area contributed by atoms with E-state index < -0.39 is 12.1 Å². The number of halogens is 2. The van der Waals surface area contributed by atoms with E-state index >= 15 is 4.39 Å². The number of methoxy groups -OCH3 is 2. The third-order valence-corrected chi connectivity index (χ3v) is 6.52. The topological polar surface area (TPSA) is 70.4 Å². The molecule has 0 amide bonds. The van der Waals surface area contributed by atoms with Crippen molar-refractivity contribution in [2.45, 2.75) is 12.1 Å². The summed E-state index contributed by atoms with van der Waals surface area (Å²) in [6, 6.07) is 17.1. The predicted molar refractivity (Wildman–Crippen MR) is 129 cm³/mol. The van der Waals surface area contributed by atoms with Gasteiger partial charge in [-0.05, 0) is 36.4 Å². The summed E-state index contributed by atoms with van der Waals surface area (Å²) in [6.45, 7) is 0. The quantitative estimate of drug-likeness (QED) is 0.399. The first-order chi connectivity index (χ1) is 17.1. The highest BCUT2D eigenvalue weighted by molar-refractivity contribution is 6.30. The summed E-state index contributed by atoms with van der Waals surface area (Å²) < 4.78 is 34.4. The van der Waals surface area contributed by atoms with Crippen molar-refractivity contribution in [2.24, 2.45) is 0 Å². The molecular formula is C26H20ClFN4O3. The van der Waals surface area contributed by atoms with Crippen LogP contribution in [0.5, 0.6) is 17.2 Å². The molecule has 0 aliphatic carbocycles. The minimum absolute atomic E-state index is 0.351. The molecule has 3 heterocycles. The number of ether oxygens (including phenoxy) is 3. The maximum absolute atomic E-state index is 15.2. The molecule has 9 heteroatoms. The van der Waals surface area contributed by atoms with Gasteiger partial charge in [0.1, 0.15) is 30.0 Å². The number of hydrogen-bond acceptors (Lipinski definition) is 6. The summed E-state index contributed by atoms with van der Waals surface area (Å²) in [6.07, 6.45) is 0.854. The van der Waals surface area contributed by atoms with E-state index in [0.29, 0.717) is 33.8 Å². The lowest BCUT2D eigenvalue weighted by Crippen LogP contribution is -2.32. The molecule has 0 saturated heterocycles. The molecule has 0 spiro atoms. The van der Waals surface area contributed by atoms with Gasteiger partial charge in [-0.2, -0.15) is 10.1 Å². The number of aromatic nitrogens is 3. The lowest BCUT2D eigenvalue weighted by molar-refractivity contribution is 0.221. The molecule has 1 N–H and O–H groups in total. The molecule has 2 atom stereocenters. The summed E-state index contributed by atoms with van der Waals surface area (Å²) in [7, 11) is 3.16. The van der Waals surface area contributed by atoms with Gasteiger partial charge in [0.15, 0.2) is 11.5 Å². The Balaban J connectivity index is 1.63. The van der Waals surface area contributed by atoms with Crippen LogP contribution in [0.25, 0.3) is 5.70 Å². The van der Waals surface area contributed by atoms with Crippen LogP contribution >= 0.6 is 11.6 Å². The Labute approximate surface area is 205 Å². The molecular weight excluding hydrogens is 471 g/mol. The molecule has 2 aliphatic rings. The average molecular weight is 491 g/mol. The number of anilines is 1. The molecule has 0 fully saturated rings. The minimum atomic E-state index is -0.616. The van der Waals surface area contributed by atoms with E-state index in [9.17, 15) is 0 Å². The number of fused-ring (bicyclic) bond motifs is 3.